The molecule has 0 radical (unpaired) electrons. The fourth-order valence-corrected chi connectivity index (χ4v) is 2.06. The van der Waals surface area contributed by atoms with Crippen molar-refractivity contribution in [2.75, 3.05) is 26.2 Å². The molecule has 0 aromatic carbocycles. The van der Waals surface area contributed by atoms with E-state index in [1.807, 2.05) is 6.92 Å². The molecule has 0 aromatic heterocycles. The Bertz CT molecular complexity index is 306. The van der Waals surface area contributed by atoms with E-state index in [9.17, 15) is 14.7 Å². The largest absolute Gasteiger partial charge is 0.480 e. The maximum absolute atomic E-state index is 11.7. The summed E-state index contributed by atoms with van der Waals surface area (Å²) in [5, 5.41) is 14.4. The van der Waals surface area contributed by atoms with Crippen molar-refractivity contribution in [3.63, 3.8) is 0 Å². The first-order chi connectivity index (χ1) is 9.39. The van der Waals surface area contributed by atoms with Gasteiger partial charge in [0.05, 0.1) is 0 Å². The van der Waals surface area contributed by atoms with E-state index < -0.39 is 17.5 Å². The summed E-state index contributed by atoms with van der Waals surface area (Å²) in [6, 6.07) is -0.414. The summed E-state index contributed by atoms with van der Waals surface area (Å²) in [5.41, 5.74) is -1.20. The van der Waals surface area contributed by atoms with Crippen molar-refractivity contribution in [3.05, 3.63) is 0 Å². The molecule has 0 bridgehead atoms. The summed E-state index contributed by atoms with van der Waals surface area (Å²) in [6.07, 6.45) is 1.97. The zero-order valence-corrected chi connectivity index (χ0v) is 13.2. The molecule has 1 unspecified atom stereocenters. The van der Waals surface area contributed by atoms with E-state index in [0.717, 1.165) is 26.1 Å². The van der Waals surface area contributed by atoms with E-state index >= 15 is 0 Å². The van der Waals surface area contributed by atoms with Gasteiger partial charge in [-0.25, -0.2) is 9.59 Å². The second kappa shape index (κ2) is 9.58. The Kier molecular flexibility index (Phi) is 8.96. The number of hydrogen-bond donors (Lipinski definition) is 3. The average Bonchev–Trinajstić information content (AvgIpc) is 2.39. The quantitative estimate of drug-likeness (QED) is 0.534. The molecule has 0 saturated heterocycles. The Morgan fingerprint density at radius 1 is 1.20 bits per heavy atom. The third-order valence-electron chi connectivity index (χ3n) is 3.44. The topological polar surface area (TPSA) is 81.7 Å². The zero-order chi connectivity index (χ0) is 15.6. The molecule has 6 heteroatoms. The van der Waals surface area contributed by atoms with E-state index in [-0.39, 0.29) is 0 Å². The van der Waals surface area contributed by atoms with Crippen LogP contribution in [-0.2, 0) is 4.79 Å². The minimum atomic E-state index is -1.20. The molecule has 0 spiro atoms. The molecule has 3 N–H and O–H groups in total. The Morgan fingerprint density at radius 2 is 1.80 bits per heavy atom. The summed E-state index contributed by atoms with van der Waals surface area (Å²) >= 11 is 0. The molecule has 0 aliphatic heterocycles. The minimum absolute atomic E-state index is 0.412. The Morgan fingerprint density at radius 3 is 2.25 bits per heavy atom. The molecule has 6 nitrogen and oxygen atoms in total. The van der Waals surface area contributed by atoms with E-state index in [1.54, 1.807) is 0 Å². The molecule has 0 rings (SSSR count). The number of carbonyl (C=O) groups excluding carboxylic acids is 1. The molecule has 20 heavy (non-hydrogen) atoms. The summed E-state index contributed by atoms with van der Waals surface area (Å²) in [6.45, 7) is 11.1. The number of nitrogens with zero attached hydrogens (tertiary/aromatic N) is 1. The first kappa shape index (κ1) is 18.7. The van der Waals surface area contributed by atoms with Crippen LogP contribution in [0.5, 0.6) is 0 Å². The normalized spacial score (nSPS) is 13.8. The van der Waals surface area contributed by atoms with Crippen molar-refractivity contribution in [1.29, 1.82) is 0 Å². The first-order valence-electron chi connectivity index (χ1n) is 7.41. The van der Waals surface area contributed by atoms with Gasteiger partial charge in [-0.3, -0.25) is 0 Å². The monoisotopic (exact) mass is 287 g/mol. The van der Waals surface area contributed by atoms with Crippen LogP contribution in [-0.4, -0.2) is 53.7 Å². The highest BCUT2D eigenvalue weighted by Gasteiger charge is 2.33. The number of rotatable bonds is 10. The summed E-state index contributed by atoms with van der Waals surface area (Å²) in [7, 11) is 0. The summed E-state index contributed by atoms with van der Waals surface area (Å²) < 4.78 is 0. The maximum atomic E-state index is 11.7. The molecular weight excluding hydrogens is 258 g/mol. The van der Waals surface area contributed by atoms with E-state index in [1.165, 1.54) is 6.92 Å². The highest BCUT2D eigenvalue weighted by Crippen LogP contribution is 2.12. The van der Waals surface area contributed by atoms with Gasteiger partial charge in [0.2, 0.25) is 0 Å². The second-order valence-electron chi connectivity index (χ2n) is 5.15. The van der Waals surface area contributed by atoms with Gasteiger partial charge in [-0.2, -0.15) is 0 Å². The first-order valence-corrected chi connectivity index (χ1v) is 7.41. The summed E-state index contributed by atoms with van der Waals surface area (Å²) in [5.74, 6) is -1.00. The number of aliphatic carboxylic acids is 1. The number of carboxylic acid groups (broad SMARTS) is 1. The molecule has 0 fully saturated rings. The highest BCUT2D eigenvalue weighted by molar-refractivity contribution is 5.85. The third-order valence-corrected chi connectivity index (χ3v) is 3.44. The lowest BCUT2D eigenvalue weighted by Crippen LogP contribution is -2.55. The Hall–Kier alpha value is -1.30. The number of hydrogen-bond acceptors (Lipinski definition) is 3. The van der Waals surface area contributed by atoms with Crippen LogP contribution in [0.3, 0.4) is 0 Å². The summed E-state index contributed by atoms with van der Waals surface area (Å²) in [4.78, 5) is 25.2. The van der Waals surface area contributed by atoms with Gasteiger partial charge in [-0.15, -0.1) is 0 Å². The average molecular weight is 287 g/mol. The van der Waals surface area contributed by atoms with E-state index in [0.29, 0.717) is 19.4 Å². The molecule has 118 valence electrons. The van der Waals surface area contributed by atoms with Gasteiger partial charge in [-0.05, 0) is 39.4 Å². The van der Waals surface area contributed by atoms with Gasteiger partial charge in [0.15, 0.2) is 0 Å². The van der Waals surface area contributed by atoms with Crippen molar-refractivity contribution in [1.82, 2.24) is 15.5 Å². The van der Waals surface area contributed by atoms with Gasteiger partial charge < -0.3 is 20.6 Å². The van der Waals surface area contributed by atoms with Crippen LogP contribution in [0.4, 0.5) is 4.79 Å². The van der Waals surface area contributed by atoms with Crippen LogP contribution in [0.15, 0.2) is 0 Å². The van der Waals surface area contributed by atoms with Crippen molar-refractivity contribution < 1.29 is 14.7 Å². The van der Waals surface area contributed by atoms with Gasteiger partial charge >= 0.3 is 12.0 Å². The number of carboxylic acids is 1. The van der Waals surface area contributed by atoms with Crippen molar-refractivity contribution >= 4 is 12.0 Å². The lowest BCUT2D eigenvalue weighted by atomic mass is 9.97. The van der Waals surface area contributed by atoms with Crippen molar-refractivity contribution in [2.45, 2.75) is 52.5 Å². The molecule has 0 heterocycles. The van der Waals surface area contributed by atoms with Crippen molar-refractivity contribution in [2.24, 2.45) is 0 Å². The highest BCUT2D eigenvalue weighted by atomic mass is 16.4. The number of nitrogens with one attached hydrogen (secondary N) is 2. The molecule has 0 saturated carbocycles. The molecule has 0 aliphatic rings. The van der Waals surface area contributed by atoms with Crippen LogP contribution < -0.4 is 10.6 Å². The van der Waals surface area contributed by atoms with Gasteiger partial charge in [-0.1, -0.05) is 27.2 Å². The maximum Gasteiger partial charge on any atom is 0.329 e. The number of amides is 2. The number of carbonyl (C=O) groups is 2. The lowest BCUT2D eigenvalue weighted by Gasteiger charge is -2.26. The number of urea groups is 1. The smallest absolute Gasteiger partial charge is 0.329 e. The fraction of sp³-hybridized carbons (Fsp3) is 0.857. The predicted octanol–water partition coefficient (Wildman–Crippen LogP) is 1.66. The second-order valence-corrected chi connectivity index (χ2v) is 5.15. The Balaban J connectivity index is 4.06. The SMILES string of the molecule is CCCC(C)(NC(=O)NCCCN(CC)CC)C(=O)O. The zero-order valence-electron chi connectivity index (χ0n) is 13.2. The van der Waals surface area contributed by atoms with E-state index in [4.69, 9.17) is 0 Å². The molecule has 0 aromatic rings. The molecule has 1 atom stereocenters. The van der Waals surface area contributed by atoms with Crippen LogP contribution in [0.25, 0.3) is 0 Å². The molecule has 0 aliphatic carbocycles. The van der Waals surface area contributed by atoms with Crippen LogP contribution in [0.2, 0.25) is 0 Å². The molecular formula is C14H29N3O3. The van der Waals surface area contributed by atoms with Crippen LogP contribution in [0, 0.1) is 0 Å². The fourth-order valence-electron chi connectivity index (χ4n) is 2.06. The van der Waals surface area contributed by atoms with Gasteiger partial charge in [0.25, 0.3) is 0 Å². The predicted molar refractivity (Wildman–Crippen MR) is 79.9 cm³/mol. The van der Waals surface area contributed by atoms with Gasteiger partial charge in [0, 0.05) is 6.54 Å². The minimum Gasteiger partial charge on any atom is -0.480 e. The van der Waals surface area contributed by atoms with Crippen molar-refractivity contribution in [3.8, 4) is 0 Å². The van der Waals surface area contributed by atoms with Gasteiger partial charge in [0.1, 0.15) is 5.54 Å². The standard InChI is InChI=1S/C14H29N3O3/c1-5-9-14(4,12(18)19)16-13(20)15-10-8-11-17(6-2)7-3/h5-11H2,1-4H3,(H,18,19)(H2,15,16,20). The molecule has 2 amide bonds. The lowest BCUT2D eigenvalue weighted by molar-refractivity contribution is -0.144. The third kappa shape index (κ3) is 6.75. The Labute approximate surface area is 121 Å². The van der Waals surface area contributed by atoms with Crippen LogP contribution in [0.1, 0.15) is 47.0 Å². The van der Waals surface area contributed by atoms with E-state index in [2.05, 4.69) is 29.4 Å². The van der Waals surface area contributed by atoms with Crippen LogP contribution >= 0.6 is 0 Å².